The van der Waals surface area contributed by atoms with Gasteiger partial charge in [-0.25, -0.2) is 0 Å². The number of methoxy groups -OCH3 is 1. The first-order valence-corrected chi connectivity index (χ1v) is 7.03. The van der Waals surface area contributed by atoms with Crippen molar-refractivity contribution in [3.8, 4) is 5.75 Å². The molecule has 1 aromatic carbocycles. The molecule has 0 aliphatic carbocycles. The van der Waals surface area contributed by atoms with Crippen molar-refractivity contribution >= 4 is 11.8 Å². The number of aryl methyl sites for hydroxylation is 1. The Balaban J connectivity index is 2.81. The summed E-state index contributed by atoms with van der Waals surface area (Å²) in [6.07, 6.45) is 4.11. The molecule has 1 aromatic rings. The van der Waals surface area contributed by atoms with Gasteiger partial charge in [-0.3, -0.25) is 0 Å². The molecule has 3 heteroatoms. The molecule has 0 fully saturated rings. The molecule has 0 bridgehead atoms. The highest BCUT2D eigenvalue weighted by molar-refractivity contribution is 7.98. The van der Waals surface area contributed by atoms with Crippen molar-refractivity contribution in [2.45, 2.75) is 25.8 Å². The van der Waals surface area contributed by atoms with Gasteiger partial charge in [0.15, 0.2) is 0 Å². The van der Waals surface area contributed by atoms with Crippen LogP contribution in [0.25, 0.3) is 0 Å². The third-order valence-electron chi connectivity index (χ3n) is 2.75. The summed E-state index contributed by atoms with van der Waals surface area (Å²) in [5.74, 6) is 2.07. The maximum atomic E-state index is 6.14. The molecule has 0 aliphatic heterocycles. The summed E-state index contributed by atoms with van der Waals surface area (Å²) >= 11 is 1.84. The Bertz CT molecular complexity index is 328. The van der Waals surface area contributed by atoms with Crippen molar-refractivity contribution in [3.05, 3.63) is 29.3 Å². The lowest BCUT2D eigenvalue weighted by molar-refractivity contribution is 0.410. The first kappa shape index (κ1) is 13.4. The van der Waals surface area contributed by atoms with Crippen LogP contribution in [-0.4, -0.2) is 19.1 Å². The number of thioether (sulfide) groups is 1. The predicted molar refractivity (Wildman–Crippen MR) is 72.3 cm³/mol. The summed E-state index contributed by atoms with van der Waals surface area (Å²) in [6.45, 7) is 2.13. The number of rotatable bonds is 6. The van der Waals surface area contributed by atoms with E-state index in [9.17, 15) is 0 Å². The second-order valence-corrected chi connectivity index (χ2v) is 4.80. The van der Waals surface area contributed by atoms with Crippen molar-refractivity contribution in [2.24, 2.45) is 5.73 Å². The van der Waals surface area contributed by atoms with Crippen LogP contribution in [0, 0.1) is 0 Å². The average Bonchev–Trinajstić information content (AvgIpc) is 2.34. The molecule has 16 heavy (non-hydrogen) atoms. The van der Waals surface area contributed by atoms with Crippen LogP contribution in [0.5, 0.6) is 5.75 Å². The van der Waals surface area contributed by atoms with E-state index in [1.54, 1.807) is 7.11 Å². The standard InChI is InChI=1S/C13H21NOS/c1-4-10-9-11(5-6-13(10)15-2)12(14)7-8-16-3/h5-6,9,12H,4,7-8,14H2,1-3H3. The van der Waals surface area contributed by atoms with Gasteiger partial charge in [-0.1, -0.05) is 19.1 Å². The summed E-state index contributed by atoms with van der Waals surface area (Å²) in [6, 6.07) is 6.41. The fourth-order valence-electron chi connectivity index (χ4n) is 1.72. The summed E-state index contributed by atoms with van der Waals surface area (Å²) < 4.78 is 5.31. The number of benzene rings is 1. The highest BCUT2D eigenvalue weighted by Crippen LogP contribution is 2.24. The monoisotopic (exact) mass is 239 g/mol. The van der Waals surface area contributed by atoms with E-state index in [0.717, 1.165) is 24.3 Å². The Hall–Kier alpha value is -0.670. The summed E-state index contributed by atoms with van der Waals surface area (Å²) in [5.41, 5.74) is 8.59. The smallest absolute Gasteiger partial charge is 0.122 e. The molecular formula is C13H21NOS. The molecule has 90 valence electrons. The van der Waals surface area contributed by atoms with Crippen molar-refractivity contribution in [1.29, 1.82) is 0 Å². The molecule has 0 heterocycles. The van der Waals surface area contributed by atoms with E-state index in [2.05, 4.69) is 25.3 Å². The van der Waals surface area contributed by atoms with Crippen LogP contribution in [0.4, 0.5) is 0 Å². The molecule has 0 aliphatic rings. The zero-order valence-corrected chi connectivity index (χ0v) is 11.1. The minimum absolute atomic E-state index is 0.142. The molecular weight excluding hydrogens is 218 g/mol. The Morgan fingerprint density at radius 3 is 2.75 bits per heavy atom. The lowest BCUT2D eigenvalue weighted by atomic mass is 10.0. The molecule has 2 nitrogen and oxygen atoms in total. The van der Waals surface area contributed by atoms with E-state index < -0.39 is 0 Å². The van der Waals surface area contributed by atoms with E-state index >= 15 is 0 Å². The van der Waals surface area contributed by atoms with Crippen LogP contribution in [0.1, 0.15) is 30.5 Å². The van der Waals surface area contributed by atoms with Crippen molar-refractivity contribution in [2.75, 3.05) is 19.1 Å². The maximum Gasteiger partial charge on any atom is 0.122 e. The van der Waals surface area contributed by atoms with Crippen LogP contribution < -0.4 is 10.5 Å². The van der Waals surface area contributed by atoms with Crippen LogP contribution >= 0.6 is 11.8 Å². The van der Waals surface area contributed by atoms with Crippen LogP contribution in [-0.2, 0) is 6.42 Å². The Kier molecular flexibility index (Phi) is 5.71. The molecule has 1 atom stereocenters. The highest BCUT2D eigenvalue weighted by atomic mass is 32.2. The summed E-state index contributed by atoms with van der Waals surface area (Å²) in [7, 11) is 1.71. The third-order valence-corrected chi connectivity index (χ3v) is 3.39. The maximum absolute atomic E-state index is 6.14. The zero-order chi connectivity index (χ0) is 12.0. The molecule has 0 radical (unpaired) electrons. The van der Waals surface area contributed by atoms with E-state index in [0.29, 0.717) is 0 Å². The van der Waals surface area contributed by atoms with E-state index in [1.807, 2.05) is 17.8 Å². The van der Waals surface area contributed by atoms with Gasteiger partial charge >= 0.3 is 0 Å². The predicted octanol–water partition coefficient (Wildman–Crippen LogP) is 3.01. The van der Waals surface area contributed by atoms with Gasteiger partial charge < -0.3 is 10.5 Å². The van der Waals surface area contributed by atoms with Gasteiger partial charge in [0.1, 0.15) is 5.75 Å². The molecule has 0 saturated carbocycles. The Morgan fingerprint density at radius 2 is 2.19 bits per heavy atom. The van der Waals surface area contributed by atoms with E-state index in [4.69, 9.17) is 10.5 Å². The normalized spacial score (nSPS) is 12.5. The average molecular weight is 239 g/mol. The summed E-state index contributed by atoms with van der Waals surface area (Å²) in [4.78, 5) is 0. The van der Waals surface area contributed by atoms with Gasteiger partial charge in [-0.15, -0.1) is 0 Å². The lowest BCUT2D eigenvalue weighted by Gasteiger charge is -2.14. The van der Waals surface area contributed by atoms with Crippen molar-refractivity contribution in [3.63, 3.8) is 0 Å². The molecule has 0 amide bonds. The fraction of sp³-hybridized carbons (Fsp3) is 0.538. The number of hydrogen-bond acceptors (Lipinski definition) is 3. The zero-order valence-electron chi connectivity index (χ0n) is 10.3. The molecule has 0 saturated heterocycles. The molecule has 1 rings (SSSR count). The minimum Gasteiger partial charge on any atom is -0.496 e. The van der Waals surface area contributed by atoms with E-state index in [1.165, 1.54) is 11.1 Å². The van der Waals surface area contributed by atoms with Crippen LogP contribution in [0.15, 0.2) is 18.2 Å². The van der Waals surface area contributed by atoms with Gasteiger partial charge in [-0.2, -0.15) is 11.8 Å². The largest absolute Gasteiger partial charge is 0.496 e. The molecule has 0 aromatic heterocycles. The highest BCUT2D eigenvalue weighted by Gasteiger charge is 2.08. The minimum atomic E-state index is 0.142. The molecule has 0 spiro atoms. The summed E-state index contributed by atoms with van der Waals surface area (Å²) in [5, 5.41) is 0. The number of hydrogen-bond donors (Lipinski definition) is 1. The number of ether oxygens (including phenoxy) is 1. The first-order chi connectivity index (χ1) is 7.72. The first-order valence-electron chi connectivity index (χ1n) is 5.64. The van der Waals surface area contributed by atoms with Crippen molar-refractivity contribution in [1.82, 2.24) is 0 Å². The quantitative estimate of drug-likeness (QED) is 0.829. The van der Waals surface area contributed by atoms with Crippen LogP contribution in [0.2, 0.25) is 0 Å². The second kappa shape index (κ2) is 6.81. The van der Waals surface area contributed by atoms with Gasteiger partial charge in [-0.05, 0) is 42.0 Å². The van der Waals surface area contributed by atoms with Gasteiger partial charge in [0.2, 0.25) is 0 Å². The topological polar surface area (TPSA) is 35.2 Å². The third kappa shape index (κ3) is 3.42. The Morgan fingerprint density at radius 1 is 1.44 bits per heavy atom. The van der Waals surface area contributed by atoms with Crippen molar-refractivity contribution < 1.29 is 4.74 Å². The second-order valence-electron chi connectivity index (χ2n) is 3.81. The molecule has 2 N–H and O–H groups in total. The van der Waals surface area contributed by atoms with Gasteiger partial charge in [0.25, 0.3) is 0 Å². The van der Waals surface area contributed by atoms with Gasteiger partial charge in [0.05, 0.1) is 7.11 Å². The fourth-order valence-corrected chi connectivity index (χ4v) is 2.21. The Labute approximate surface area is 103 Å². The van der Waals surface area contributed by atoms with E-state index in [-0.39, 0.29) is 6.04 Å². The number of nitrogens with two attached hydrogens (primary N) is 1. The SMILES string of the molecule is CCc1cc(C(N)CCSC)ccc1OC. The lowest BCUT2D eigenvalue weighted by Crippen LogP contribution is -2.11. The van der Waals surface area contributed by atoms with Gasteiger partial charge in [0, 0.05) is 6.04 Å². The molecule has 1 unspecified atom stereocenters. The van der Waals surface area contributed by atoms with Crippen LogP contribution in [0.3, 0.4) is 0 Å².